The summed E-state index contributed by atoms with van der Waals surface area (Å²) >= 11 is 0. The molecule has 0 spiro atoms. The molecule has 1 aliphatic rings. The van der Waals surface area contributed by atoms with Gasteiger partial charge in [0.2, 0.25) is 0 Å². The van der Waals surface area contributed by atoms with Crippen molar-refractivity contribution < 1.29 is 29.3 Å². The van der Waals surface area contributed by atoms with Crippen molar-refractivity contribution in [3.8, 4) is 5.75 Å². The van der Waals surface area contributed by atoms with Crippen molar-refractivity contribution in [1.29, 1.82) is 0 Å². The number of ether oxygens (including phenoxy) is 1. The van der Waals surface area contributed by atoms with Crippen LogP contribution in [0.3, 0.4) is 0 Å². The number of piperidine rings is 1. The molecule has 8 heteroatoms. The highest BCUT2D eigenvalue weighted by atomic mass is 16.5. The Balaban J connectivity index is 0.000000970. The third-order valence-corrected chi connectivity index (χ3v) is 4.00. The Kier molecular flexibility index (Phi) is 7.87. The number of benzene rings is 1. The zero-order valence-corrected chi connectivity index (χ0v) is 14.6. The molecule has 0 aromatic heterocycles. The number of hydrogen-bond donors (Lipinski definition) is 2. The van der Waals surface area contributed by atoms with Gasteiger partial charge in [0.15, 0.2) is 0 Å². The van der Waals surface area contributed by atoms with Gasteiger partial charge in [-0.05, 0) is 45.1 Å². The zero-order valence-electron chi connectivity index (χ0n) is 14.6. The van der Waals surface area contributed by atoms with Crippen molar-refractivity contribution in [2.45, 2.75) is 18.9 Å². The number of likely N-dealkylation sites (tertiary alicyclic amines) is 1. The van der Waals surface area contributed by atoms with Crippen LogP contribution in [0.1, 0.15) is 33.6 Å². The summed E-state index contributed by atoms with van der Waals surface area (Å²) in [6, 6.07) is 4.47. The second kappa shape index (κ2) is 9.63. The second-order valence-corrected chi connectivity index (χ2v) is 5.88. The lowest BCUT2D eigenvalue weighted by Crippen LogP contribution is -2.47. The Hall–Kier alpha value is -2.61. The topological polar surface area (TPSA) is 107 Å². The molecule has 2 N–H and O–H groups in total. The summed E-state index contributed by atoms with van der Waals surface area (Å²) in [5, 5.41) is 16.6. The third-order valence-electron chi connectivity index (χ3n) is 4.00. The van der Waals surface area contributed by atoms with Crippen molar-refractivity contribution in [1.82, 2.24) is 9.80 Å². The fourth-order valence-electron chi connectivity index (χ4n) is 2.71. The van der Waals surface area contributed by atoms with E-state index >= 15 is 0 Å². The van der Waals surface area contributed by atoms with Gasteiger partial charge in [-0.2, -0.15) is 0 Å². The molecule has 8 nitrogen and oxygen atoms in total. The predicted molar refractivity (Wildman–Crippen MR) is 90.8 cm³/mol. The number of hydrogen-bond acceptors (Lipinski definition) is 6. The maximum Gasteiger partial charge on any atom is 0.338 e. The number of rotatable bonds is 3. The molecular weight excluding hydrogens is 328 g/mol. The van der Waals surface area contributed by atoms with Crippen LogP contribution in [0.5, 0.6) is 5.75 Å². The molecule has 138 valence electrons. The second-order valence-electron chi connectivity index (χ2n) is 5.88. The van der Waals surface area contributed by atoms with Crippen LogP contribution in [-0.4, -0.2) is 78.7 Å². The van der Waals surface area contributed by atoms with Gasteiger partial charge in [-0.25, -0.2) is 4.79 Å². The molecular formula is C17H24N2O6. The van der Waals surface area contributed by atoms with E-state index in [4.69, 9.17) is 9.90 Å². The lowest BCUT2D eigenvalue weighted by Gasteiger charge is -2.36. The molecule has 1 aliphatic heterocycles. The number of amides is 1. The van der Waals surface area contributed by atoms with E-state index in [0.717, 1.165) is 12.8 Å². The van der Waals surface area contributed by atoms with Gasteiger partial charge in [-0.1, -0.05) is 0 Å². The maximum atomic E-state index is 12.6. The minimum atomic E-state index is -0.574. The number of nitrogens with zero attached hydrogens (tertiary/aromatic N) is 2. The van der Waals surface area contributed by atoms with E-state index in [1.807, 2.05) is 14.1 Å². The number of carbonyl (C=O) groups is 3. The van der Waals surface area contributed by atoms with E-state index in [0.29, 0.717) is 24.7 Å². The van der Waals surface area contributed by atoms with Gasteiger partial charge < -0.3 is 24.7 Å². The third kappa shape index (κ3) is 5.75. The first-order valence-electron chi connectivity index (χ1n) is 7.80. The Bertz CT molecular complexity index is 617. The highest BCUT2D eigenvalue weighted by molar-refractivity contribution is 5.98. The minimum absolute atomic E-state index is 0.118. The van der Waals surface area contributed by atoms with E-state index in [1.165, 1.54) is 25.3 Å². The van der Waals surface area contributed by atoms with E-state index < -0.39 is 5.97 Å². The highest BCUT2D eigenvalue weighted by Crippen LogP contribution is 2.21. The summed E-state index contributed by atoms with van der Waals surface area (Å²) in [5.41, 5.74) is 0.479. The lowest BCUT2D eigenvalue weighted by atomic mass is 10.0. The van der Waals surface area contributed by atoms with Crippen LogP contribution in [0.15, 0.2) is 18.2 Å². The Morgan fingerprint density at radius 1 is 1.28 bits per heavy atom. The fraction of sp³-hybridized carbons (Fsp3) is 0.471. The molecule has 1 fully saturated rings. The van der Waals surface area contributed by atoms with Crippen molar-refractivity contribution in [2.75, 3.05) is 34.3 Å². The van der Waals surface area contributed by atoms with E-state index in [2.05, 4.69) is 9.64 Å². The molecule has 1 amide bonds. The van der Waals surface area contributed by atoms with Gasteiger partial charge in [0, 0.05) is 24.7 Å². The number of phenols is 1. The van der Waals surface area contributed by atoms with Crippen LogP contribution in [0, 0.1) is 0 Å². The molecule has 0 radical (unpaired) electrons. The molecule has 1 heterocycles. The smallest absolute Gasteiger partial charge is 0.338 e. The maximum absolute atomic E-state index is 12.6. The van der Waals surface area contributed by atoms with Crippen LogP contribution < -0.4 is 0 Å². The number of carboxylic acid groups (broad SMARTS) is 1. The summed E-state index contributed by atoms with van der Waals surface area (Å²) < 4.78 is 4.64. The van der Waals surface area contributed by atoms with Crippen LogP contribution >= 0.6 is 0 Å². The van der Waals surface area contributed by atoms with Crippen molar-refractivity contribution in [2.24, 2.45) is 0 Å². The van der Waals surface area contributed by atoms with Crippen LogP contribution in [0.25, 0.3) is 0 Å². The van der Waals surface area contributed by atoms with Crippen LogP contribution in [0.2, 0.25) is 0 Å². The molecule has 25 heavy (non-hydrogen) atoms. The summed E-state index contributed by atoms with van der Waals surface area (Å²) in [7, 11) is 5.27. The van der Waals surface area contributed by atoms with Crippen molar-refractivity contribution in [3.63, 3.8) is 0 Å². The first-order valence-corrected chi connectivity index (χ1v) is 7.80. The van der Waals surface area contributed by atoms with Gasteiger partial charge >= 0.3 is 5.97 Å². The summed E-state index contributed by atoms with van der Waals surface area (Å²) in [6.45, 7) is 1.08. The summed E-state index contributed by atoms with van der Waals surface area (Å²) in [6.07, 6.45) is 2.00. The molecule has 1 aromatic carbocycles. The molecule has 1 saturated heterocycles. The van der Waals surface area contributed by atoms with E-state index in [9.17, 15) is 14.7 Å². The lowest BCUT2D eigenvalue weighted by molar-refractivity contribution is -0.122. The van der Waals surface area contributed by atoms with Crippen LogP contribution in [0.4, 0.5) is 0 Å². The van der Waals surface area contributed by atoms with Gasteiger partial charge in [0.25, 0.3) is 12.4 Å². The van der Waals surface area contributed by atoms with E-state index in [1.54, 1.807) is 4.90 Å². The van der Waals surface area contributed by atoms with Gasteiger partial charge in [-0.3, -0.25) is 9.59 Å². The number of carbonyl (C=O) groups excluding carboxylic acids is 2. The summed E-state index contributed by atoms with van der Waals surface area (Å²) in [4.78, 5) is 36.5. The zero-order chi connectivity index (χ0) is 19.0. The molecule has 0 saturated carbocycles. The van der Waals surface area contributed by atoms with E-state index in [-0.39, 0.29) is 23.7 Å². The standard InChI is InChI=1S/C16H22N2O4.CH2O2/c1-17(2)13-5-4-6-18(10-13)15(20)11-7-12(16(21)22-3)9-14(19)8-11;2-1-3/h7-9,13,19H,4-6,10H2,1-3H3;1H,(H,2,3). The number of methoxy groups -OCH3 is 1. The Morgan fingerprint density at radius 3 is 2.44 bits per heavy atom. The monoisotopic (exact) mass is 352 g/mol. The number of phenolic OH excluding ortho intramolecular Hbond substituents is 1. The SMILES string of the molecule is COC(=O)c1cc(O)cc(C(=O)N2CCCC(N(C)C)C2)c1.O=CO. The normalized spacial score (nSPS) is 16.6. The number of aromatic hydroxyl groups is 1. The Morgan fingerprint density at radius 2 is 1.88 bits per heavy atom. The Labute approximate surface area is 146 Å². The quantitative estimate of drug-likeness (QED) is 0.618. The molecule has 0 aliphatic carbocycles. The predicted octanol–water partition coefficient (Wildman–Crippen LogP) is 1.05. The largest absolute Gasteiger partial charge is 0.508 e. The minimum Gasteiger partial charge on any atom is -0.508 e. The molecule has 1 aromatic rings. The number of likely N-dealkylation sites (N-methyl/N-ethyl adjacent to an activating group) is 1. The average molecular weight is 352 g/mol. The highest BCUT2D eigenvalue weighted by Gasteiger charge is 2.26. The fourth-order valence-corrected chi connectivity index (χ4v) is 2.71. The average Bonchev–Trinajstić information content (AvgIpc) is 2.60. The molecule has 1 unspecified atom stereocenters. The van der Waals surface area contributed by atoms with Gasteiger partial charge in [0.1, 0.15) is 5.75 Å². The van der Waals surface area contributed by atoms with Crippen molar-refractivity contribution in [3.05, 3.63) is 29.3 Å². The number of esters is 1. The molecule has 1 atom stereocenters. The first kappa shape index (κ1) is 20.4. The molecule has 0 bridgehead atoms. The molecule has 2 rings (SSSR count). The van der Waals surface area contributed by atoms with Crippen molar-refractivity contribution >= 4 is 18.3 Å². The first-order chi connectivity index (χ1) is 11.8. The summed E-state index contributed by atoms with van der Waals surface area (Å²) in [5.74, 6) is -0.866. The van der Waals surface area contributed by atoms with Crippen LogP contribution in [-0.2, 0) is 9.53 Å². The van der Waals surface area contributed by atoms with Gasteiger partial charge in [-0.15, -0.1) is 0 Å². The van der Waals surface area contributed by atoms with Gasteiger partial charge in [0.05, 0.1) is 12.7 Å².